The zero-order valence-electron chi connectivity index (χ0n) is 12.2. The van der Waals surface area contributed by atoms with Crippen LogP contribution in [-0.4, -0.2) is 26.9 Å². The zero-order valence-corrected chi connectivity index (χ0v) is 12.2. The maximum absolute atomic E-state index is 12.3. The van der Waals surface area contributed by atoms with E-state index in [2.05, 4.69) is 17.2 Å². The molecule has 21 heavy (non-hydrogen) atoms. The topological polar surface area (TPSA) is 83.7 Å². The van der Waals surface area contributed by atoms with E-state index in [4.69, 9.17) is 0 Å². The van der Waals surface area contributed by atoms with Crippen LogP contribution in [0.3, 0.4) is 0 Å². The monoisotopic (exact) mass is 289 g/mol. The average Bonchev–Trinajstić information content (AvgIpc) is 2.44. The number of rotatable bonds is 5. The lowest BCUT2D eigenvalue weighted by Gasteiger charge is -2.08. The Labute approximate surface area is 122 Å². The highest BCUT2D eigenvalue weighted by molar-refractivity contribution is 5.96. The highest BCUT2D eigenvalue weighted by atomic mass is 16.3. The second-order valence-corrected chi connectivity index (χ2v) is 5.01. The molecule has 0 unspecified atom stereocenters. The largest absolute Gasteiger partial charge is 0.493 e. The van der Waals surface area contributed by atoms with Gasteiger partial charge in [-0.3, -0.25) is 14.0 Å². The first-order valence-electron chi connectivity index (χ1n) is 7.04. The molecule has 6 heteroatoms. The molecule has 0 spiro atoms. The summed E-state index contributed by atoms with van der Waals surface area (Å²) < 4.78 is 1.27. The molecular formula is C15H19N3O3. The quantitative estimate of drug-likeness (QED) is 0.819. The number of aromatic hydroxyl groups is 1. The summed E-state index contributed by atoms with van der Waals surface area (Å²) in [6, 6.07) is 3.41. The van der Waals surface area contributed by atoms with E-state index in [-0.39, 0.29) is 5.56 Å². The van der Waals surface area contributed by atoms with E-state index >= 15 is 0 Å². The Kier molecular flexibility index (Phi) is 4.57. The summed E-state index contributed by atoms with van der Waals surface area (Å²) in [6.07, 6.45) is 4.48. The SMILES string of the molecule is CCCCCNC(=O)c1c(O)nc2ccc(C)cn2c1=O. The molecule has 0 aliphatic rings. The third kappa shape index (κ3) is 3.21. The van der Waals surface area contributed by atoms with Crippen molar-refractivity contribution in [2.24, 2.45) is 0 Å². The van der Waals surface area contributed by atoms with Gasteiger partial charge in [-0.15, -0.1) is 0 Å². The van der Waals surface area contributed by atoms with Gasteiger partial charge in [-0.25, -0.2) is 0 Å². The summed E-state index contributed by atoms with van der Waals surface area (Å²) in [5, 5.41) is 12.5. The number of hydrogen-bond donors (Lipinski definition) is 2. The van der Waals surface area contributed by atoms with Crippen LogP contribution in [0.25, 0.3) is 5.65 Å². The Morgan fingerprint density at radius 1 is 1.38 bits per heavy atom. The normalized spacial score (nSPS) is 10.8. The van der Waals surface area contributed by atoms with E-state index in [1.807, 2.05) is 6.92 Å². The van der Waals surface area contributed by atoms with Crippen molar-refractivity contribution in [3.63, 3.8) is 0 Å². The van der Waals surface area contributed by atoms with Gasteiger partial charge >= 0.3 is 0 Å². The van der Waals surface area contributed by atoms with Crippen molar-refractivity contribution in [1.82, 2.24) is 14.7 Å². The molecule has 0 aliphatic heterocycles. The first kappa shape index (κ1) is 15.0. The highest BCUT2D eigenvalue weighted by Gasteiger charge is 2.19. The standard InChI is InChI=1S/C15H19N3O3/c1-3-4-5-8-16-13(19)12-14(20)17-11-7-6-10(2)9-18(11)15(12)21/h6-7,9,20H,3-5,8H2,1-2H3,(H,16,19). The minimum absolute atomic E-state index is 0.311. The van der Waals surface area contributed by atoms with Gasteiger partial charge in [0.1, 0.15) is 5.65 Å². The third-order valence-corrected chi connectivity index (χ3v) is 3.24. The lowest BCUT2D eigenvalue weighted by molar-refractivity contribution is 0.0948. The van der Waals surface area contributed by atoms with Gasteiger partial charge in [0, 0.05) is 12.7 Å². The van der Waals surface area contributed by atoms with E-state index in [0.29, 0.717) is 12.2 Å². The summed E-state index contributed by atoms with van der Waals surface area (Å²) in [7, 11) is 0. The zero-order chi connectivity index (χ0) is 15.4. The smallest absolute Gasteiger partial charge is 0.274 e. The second kappa shape index (κ2) is 6.39. The van der Waals surface area contributed by atoms with Crippen molar-refractivity contribution in [2.45, 2.75) is 33.1 Å². The number of pyridine rings is 1. The van der Waals surface area contributed by atoms with Crippen LogP contribution in [0.15, 0.2) is 23.1 Å². The molecular weight excluding hydrogens is 270 g/mol. The van der Waals surface area contributed by atoms with Crippen LogP contribution in [0.1, 0.15) is 42.1 Å². The third-order valence-electron chi connectivity index (χ3n) is 3.24. The summed E-state index contributed by atoms with van der Waals surface area (Å²) in [5.41, 5.74) is 0.306. The predicted molar refractivity (Wildman–Crippen MR) is 79.7 cm³/mol. The van der Waals surface area contributed by atoms with Crippen LogP contribution in [0.5, 0.6) is 5.88 Å². The Bertz CT molecular complexity index is 722. The lowest BCUT2D eigenvalue weighted by Crippen LogP contribution is -2.32. The van der Waals surface area contributed by atoms with Crippen molar-refractivity contribution in [3.8, 4) is 5.88 Å². The molecule has 0 atom stereocenters. The maximum atomic E-state index is 12.3. The molecule has 2 N–H and O–H groups in total. The molecule has 0 bridgehead atoms. The lowest BCUT2D eigenvalue weighted by atomic mass is 10.2. The minimum atomic E-state index is -0.586. The molecule has 112 valence electrons. The molecule has 2 heterocycles. The number of fused-ring (bicyclic) bond motifs is 1. The van der Waals surface area contributed by atoms with Crippen molar-refractivity contribution < 1.29 is 9.90 Å². The van der Waals surface area contributed by atoms with E-state index in [9.17, 15) is 14.7 Å². The van der Waals surface area contributed by atoms with Crippen molar-refractivity contribution in [2.75, 3.05) is 6.54 Å². The summed E-state index contributed by atoms with van der Waals surface area (Å²) in [4.78, 5) is 28.3. The predicted octanol–water partition coefficient (Wildman–Crippen LogP) is 1.63. The first-order chi connectivity index (χ1) is 10.0. The van der Waals surface area contributed by atoms with Gasteiger partial charge in [-0.05, 0) is 25.0 Å². The van der Waals surface area contributed by atoms with Gasteiger partial charge in [0.2, 0.25) is 5.88 Å². The van der Waals surface area contributed by atoms with Crippen LogP contribution in [0.2, 0.25) is 0 Å². The Morgan fingerprint density at radius 3 is 2.86 bits per heavy atom. The van der Waals surface area contributed by atoms with Gasteiger partial charge in [0.05, 0.1) is 0 Å². The van der Waals surface area contributed by atoms with Gasteiger partial charge in [-0.1, -0.05) is 25.8 Å². The summed E-state index contributed by atoms with van der Waals surface area (Å²) >= 11 is 0. The van der Waals surface area contributed by atoms with Gasteiger partial charge in [0.15, 0.2) is 5.56 Å². The van der Waals surface area contributed by atoms with Crippen LogP contribution in [0.4, 0.5) is 0 Å². The Morgan fingerprint density at radius 2 is 2.14 bits per heavy atom. The van der Waals surface area contributed by atoms with Crippen LogP contribution >= 0.6 is 0 Å². The molecule has 0 fully saturated rings. The molecule has 0 radical (unpaired) electrons. The number of amides is 1. The van der Waals surface area contributed by atoms with E-state index in [0.717, 1.165) is 24.8 Å². The molecule has 0 saturated heterocycles. The molecule has 2 aromatic heterocycles. The fourth-order valence-corrected chi connectivity index (χ4v) is 2.10. The Hall–Kier alpha value is -2.37. The molecule has 2 rings (SSSR count). The average molecular weight is 289 g/mol. The van der Waals surface area contributed by atoms with Gasteiger partial charge in [-0.2, -0.15) is 4.98 Å². The van der Waals surface area contributed by atoms with E-state index in [1.54, 1.807) is 18.3 Å². The minimum Gasteiger partial charge on any atom is -0.493 e. The van der Waals surface area contributed by atoms with E-state index in [1.165, 1.54) is 4.40 Å². The molecule has 0 aliphatic carbocycles. The number of unbranched alkanes of at least 4 members (excludes halogenated alkanes) is 2. The molecule has 0 saturated carbocycles. The fourth-order valence-electron chi connectivity index (χ4n) is 2.10. The van der Waals surface area contributed by atoms with E-state index < -0.39 is 17.3 Å². The highest BCUT2D eigenvalue weighted by Crippen LogP contribution is 2.11. The fraction of sp³-hybridized carbons (Fsp3) is 0.400. The Balaban J connectivity index is 2.35. The number of hydrogen-bond acceptors (Lipinski definition) is 4. The van der Waals surface area contributed by atoms with Gasteiger partial charge < -0.3 is 10.4 Å². The molecule has 6 nitrogen and oxygen atoms in total. The number of aryl methyl sites for hydroxylation is 1. The summed E-state index contributed by atoms with van der Waals surface area (Å²) in [6.45, 7) is 4.38. The summed E-state index contributed by atoms with van der Waals surface area (Å²) in [5.74, 6) is -1.12. The number of carbonyl (C=O) groups is 1. The van der Waals surface area contributed by atoms with Crippen LogP contribution < -0.4 is 10.9 Å². The second-order valence-electron chi connectivity index (χ2n) is 5.01. The number of nitrogens with zero attached hydrogens (tertiary/aromatic N) is 2. The van der Waals surface area contributed by atoms with Crippen LogP contribution in [-0.2, 0) is 0 Å². The number of nitrogens with one attached hydrogen (secondary N) is 1. The number of aromatic nitrogens is 2. The van der Waals surface area contributed by atoms with Crippen LogP contribution in [0, 0.1) is 6.92 Å². The molecule has 0 aromatic carbocycles. The van der Waals surface area contributed by atoms with Crippen molar-refractivity contribution >= 4 is 11.6 Å². The van der Waals surface area contributed by atoms with Crippen molar-refractivity contribution in [3.05, 3.63) is 39.8 Å². The first-order valence-corrected chi connectivity index (χ1v) is 7.04. The maximum Gasteiger partial charge on any atom is 0.274 e. The van der Waals surface area contributed by atoms with Gasteiger partial charge in [0.25, 0.3) is 11.5 Å². The number of carbonyl (C=O) groups excluding carboxylic acids is 1. The molecule has 1 amide bonds. The van der Waals surface area contributed by atoms with Crippen molar-refractivity contribution in [1.29, 1.82) is 0 Å². The molecule has 2 aromatic rings.